The predicted molar refractivity (Wildman–Crippen MR) is 94.8 cm³/mol. The highest BCUT2D eigenvalue weighted by molar-refractivity contribution is 5.33. The maximum absolute atomic E-state index is 6.12. The molecule has 1 aromatic carbocycles. The molecule has 2 saturated heterocycles. The average Bonchev–Trinajstić information content (AvgIpc) is 2.62. The number of nitrogens with zero attached hydrogens (tertiary/aromatic N) is 2. The van der Waals surface area contributed by atoms with Crippen LogP contribution in [-0.4, -0.2) is 48.4 Å². The molecule has 2 aliphatic rings. The van der Waals surface area contributed by atoms with E-state index >= 15 is 0 Å². The van der Waals surface area contributed by atoms with Crippen molar-refractivity contribution in [1.29, 1.82) is 0 Å². The van der Waals surface area contributed by atoms with E-state index in [9.17, 15) is 0 Å². The molecule has 0 bridgehead atoms. The summed E-state index contributed by atoms with van der Waals surface area (Å²) >= 11 is 0. The Labute approximate surface area is 148 Å². The molecule has 132 valence electrons. The molecule has 1 spiro atoms. The molecule has 1 aromatic heterocycles. The van der Waals surface area contributed by atoms with E-state index in [0.29, 0.717) is 5.88 Å². The van der Waals surface area contributed by atoms with Gasteiger partial charge in [0.15, 0.2) is 0 Å². The second-order valence-corrected chi connectivity index (χ2v) is 6.89. The predicted octanol–water partition coefficient (Wildman–Crippen LogP) is 2.90. The average molecular weight is 340 g/mol. The molecule has 2 aromatic rings. The Kier molecular flexibility index (Phi) is 4.59. The molecule has 3 heterocycles. The van der Waals surface area contributed by atoms with Crippen molar-refractivity contribution >= 4 is 0 Å². The minimum atomic E-state index is -0.0697. The summed E-state index contributed by atoms with van der Waals surface area (Å²) in [7, 11) is 1.72. The van der Waals surface area contributed by atoms with Crippen molar-refractivity contribution in [2.75, 3.05) is 26.8 Å². The van der Waals surface area contributed by atoms with Crippen LogP contribution in [0.2, 0.25) is 0 Å². The van der Waals surface area contributed by atoms with Gasteiger partial charge in [0.25, 0.3) is 0 Å². The number of benzene rings is 1. The van der Waals surface area contributed by atoms with Gasteiger partial charge in [-0.1, -0.05) is 24.3 Å². The molecule has 5 heteroatoms. The van der Waals surface area contributed by atoms with Crippen LogP contribution in [0.3, 0.4) is 0 Å². The van der Waals surface area contributed by atoms with Gasteiger partial charge in [-0.15, -0.1) is 0 Å². The van der Waals surface area contributed by atoms with E-state index in [1.54, 1.807) is 13.3 Å². The van der Waals surface area contributed by atoms with Crippen LogP contribution in [-0.2, 0) is 11.3 Å². The fourth-order valence-corrected chi connectivity index (χ4v) is 3.85. The van der Waals surface area contributed by atoms with Crippen LogP contribution in [0.5, 0.6) is 11.6 Å². The van der Waals surface area contributed by atoms with Crippen molar-refractivity contribution in [3.8, 4) is 11.6 Å². The molecule has 2 fully saturated rings. The van der Waals surface area contributed by atoms with Gasteiger partial charge in [-0.25, -0.2) is 4.98 Å². The van der Waals surface area contributed by atoms with Gasteiger partial charge in [0.1, 0.15) is 11.9 Å². The highest BCUT2D eigenvalue weighted by Crippen LogP contribution is 2.37. The normalized spacial score (nSPS) is 22.4. The molecule has 0 saturated carbocycles. The molecule has 0 unspecified atom stereocenters. The lowest BCUT2D eigenvalue weighted by atomic mass is 9.84. The third kappa shape index (κ3) is 3.62. The SMILES string of the molecule is COc1ccccc1CN1CC2(C[C@H](Oc3ccccn3)CCO2)C1. The number of pyridine rings is 1. The minimum absolute atomic E-state index is 0.0697. The fourth-order valence-electron chi connectivity index (χ4n) is 3.85. The second-order valence-electron chi connectivity index (χ2n) is 6.89. The maximum Gasteiger partial charge on any atom is 0.213 e. The van der Waals surface area contributed by atoms with Gasteiger partial charge in [0.2, 0.25) is 5.88 Å². The van der Waals surface area contributed by atoms with Crippen LogP contribution in [0.15, 0.2) is 48.7 Å². The number of hydrogen-bond donors (Lipinski definition) is 0. The van der Waals surface area contributed by atoms with E-state index in [1.807, 2.05) is 30.3 Å². The van der Waals surface area contributed by atoms with Crippen molar-refractivity contribution in [3.05, 3.63) is 54.2 Å². The lowest BCUT2D eigenvalue weighted by Gasteiger charge is -2.53. The molecular formula is C20H24N2O3. The van der Waals surface area contributed by atoms with Crippen LogP contribution in [0, 0.1) is 0 Å². The van der Waals surface area contributed by atoms with Crippen molar-refractivity contribution in [1.82, 2.24) is 9.88 Å². The van der Waals surface area contributed by atoms with E-state index in [-0.39, 0.29) is 11.7 Å². The molecule has 0 amide bonds. The number of para-hydroxylation sites is 1. The molecule has 0 aliphatic carbocycles. The Bertz CT molecular complexity index is 701. The Balaban J connectivity index is 1.33. The van der Waals surface area contributed by atoms with E-state index in [1.165, 1.54) is 5.56 Å². The number of ether oxygens (including phenoxy) is 3. The first kappa shape index (κ1) is 16.4. The van der Waals surface area contributed by atoms with Crippen LogP contribution in [0.1, 0.15) is 18.4 Å². The van der Waals surface area contributed by atoms with Gasteiger partial charge < -0.3 is 14.2 Å². The van der Waals surface area contributed by atoms with Crippen LogP contribution in [0.25, 0.3) is 0 Å². The molecule has 1 atom stereocenters. The molecule has 4 rings (SSSR count). The highest BCUT2D eigenvalue weighted by atomic mass is 16.5. The number of hydrogen-bond acceptors (Lipinski definition) is 5. The van der Waals surface area contributed by atoms with Crippen molar-refractivity contribution in [2.24, 2.45) is 0 Å². The first-order valence-corrected chi connectivity index (χ1v) is 8.82. The van der Waals surface area contributed by atoms with Crippen LogP contribution in [0.4, 0.5) is 0 Å². The molecular weight excluding hydrogens is 316 g/mol. The number of rotatable bonds is 5. The summed E-state index contributed by atoms with van der Waals surface area (Å²) in [6, 6.07) is 14.0. The Morgan fingerprint density at radius 3 is 2.84 bits per heavy atom. The van der Waals surface area contributed by atoms with Gasteiger partial charge in [0.05, 0.1) is 19.3 Å². The minimum Gasteiger partial charge on any atom is -0.496 e. The topological polar surface area (TPSA) is 43.8 Å². The molecule has 0 radical (unpaired) electrons. The highest BCUT2D eigenvalue weighted by Gasteiger charge is 2.48. The summed E-state index contributed by atoms with van der Waals surface area (Å²) in [5.74, 6) is 1.65. The van der Waals surface area contributed by atoms with Gasteiger partial charge in [0, 0.05) is 50.3 Å². The largest absolute Gasteiger partial charge is 0.496 e. The zero-order valence-corrected chi connectivity index (χ0v) is 14.6. The van der Waals surface area contributed by atoms with Gasteiger partial charge >= 0.3 is 0 Å². The smallest absolute Gasteiger partial charge is 0.213 e. The summed E-state index contributed by atoms with van der Waals surface area (Å²) in [5, 5.41) is 0. The third-order valence-electron chi connectivity index (χ3n) is 4.98. The Morgan fingerprint density at radius 2 is 2.04 bits per heavy atom. The summed E-state index contributed by atoms with van der Waals surface area (Å²) in [6.07, 6.45) is 3.79. The first-order chi connectivity index (χ1) is 12.3. The molecule has 2 aliphatic heterocycles. The van der Waals surface area contributed by atoms with Gasteiger partial charge in [-0.05, 0) is 12.1 Å². The number of aromatic nitrogens is 1. The number of methoxy groups -OCH3 is 1. The first-order valence-electron chi connectivity index (χ1n) is 8.82. The third-order valence-corrected chi connectivity index (χ3v) is 4.98. The Hall–Kier alpha value is -2.11. The molecule has 5 nitrogen and oxygen atoms in total. The van der Waals surface area contributed by atoms with Crippen LogP contribution < -0.4 is 9.47 Å². The van der Waals surface area contributed by atoms with E-state index in [0.717, 1.165) is 44.8 Å². The van der Waals surface area contributed by atoms with E-state index in [2.05, 4.69) is 22.0 Å². The maximum atomic E-state index is 6.12. The standard InChI is InChI=1S/C20H24N2O3/c1-23-18-7-3-2-6-16(18)13-22-14-20(15-22)12-17(9-11-24-20)25-19-8-4-5-10-21-19/h2-8,10,17H,9,11-15H2,1H3/t17-/m1/s1. The second kappa shape index (κ2) is 7.02. The van der Waals surface area contributed by atoms with E-state index < -0.39 is 0 Å². The van der Waals surface area contributed by atoms with Crippen molar-refractivity contribution in [2.45, 2.75) is 31.1 Å². The van der Waals surface area contributed by atoms with E-state index in [4.69, 9.17) is 14.2 Å². The van der Waals surface area contributed by atoms with Crippen LogP contribution >= 0.6 is 0 Å². The monoisotopic (exact) mass is 340 g/mol. The summed E-state index contributed by atoms with van der Waals surface area (Å²) < 4.78 is 17.6. The lowest BCUT2D eigenvalue weighted by molar-refractivity contribution is -0.188. The summed E-state index contributed by atoms with van der Waals surface area (Å²) in [5.41, 5.74) is 1.15. The number of likely N-dealkylation sites (tertiary alicyclic amines) is 1. The lowest BCUT2D eigenvalue weighted by Crippen LogP contribution is -2.65. The van der Waals surface area contributed by atoms with Crippen molar-refractivity contribution < 1.29 is 14.2 Å². The zero-order valence-electron chi connectivity index (χ0n) is 14.6. The quantitative estimate of drug-likeness (QED) is 0.837. The molecule has 0 N–H and O–H groups in total. The zero-order chi connectivity index (χ0) is 17.1. The fraction of sp³-hybridized carbons (Fsp3) is 0.450. The Morgan fingerprint density at radius 1 is 1.20 bits per heavy atom. The van der Waals surface area contributed by atoms with Gasteiger partial charge in [-0.2, -0.15) is 0 Å². The van der Waals surface area contributed by atoms with Crippen molar-refractivity contribution in [3.63, 3.8) is 0 Å². The molecule has 25 heavy (non-hydrogen) atoms. The summed E-state index contributed by atoms with van der Waals surface area (Å²) in [6.45, 7) is 3.52. The van der Waals surface area contributed by atoms with Gasteiger partial charge in [-0.3, -0.25) is 4.90 Å². The summed E-state index contributed by atoms with van der Waals surface area (Å²) in [4.78, 5) is 6.67.